The molecule has 3 amide bonds. The van der Waals surface area contributed by atoms with Gasteiger partial charge in [0.2, 0.25) is 11.8 Å². The van der Waals surface area contributed by atoms with Crippen molar-refractivity contribution in [2.24, 2.45) is 5.73 Å². The molecule has 1 atom stereocenters. The number of nitrogens with one attached hydrogen (secondary N) is 4. The molecule has 20 heavy (non-hydrogen) atoms. The zero-order valence-electron chi connectivity index (χ0n) is 11.0. The summed E-state index contributed by atoms with van der Waals surface area (Å²) in [6.45, 7) is 0.368. The highest BCUT2D eigenvalue weighted by molar-refractivity contribution is 6.43. The van der Waals surface area contributed by atoms with Crippen molar-refractivity contribution >= 4 is 30.6 Å². The molecule has 0 heterocycles. The zero-order chi connectivity index (χ0) is 15.7. The minimum Gasteiger partial charge on any atom is -0.426 e. The van der Waals surface area contributed by atoms with Crippen LogP contribution in [0.25, 0.3) is 0 Å². The first kappa shape index (κ1) is 18.0. The maximum atomic E-state index is 11.3. The molecular formula is C9H18BN5O5. The molecule has 0 aliphatic heterocycles. The first-order chi connectivity index (χ1) is 9.27. The van der Waals surface area contributed by atoms with Gasteiger partial charge in [-0.3, -0.25) is 19.8 Å². The molecule has 0 radical (unpaired) electrons. The van der Waals surface area contributed by atoms with Gasteiger partial charge in [-0.1, -0.05) is 0 Å². The molecule has 0 bridgehead atoms. The number of hydrogen-bond donors (Lipinski definition) is 7. The van der Waals surface area contributed by atoms with Crippen LogP contribution in [0.2, 0.25) is 0 Å². The van der Waals surface area contributed by atoms with Crippen LogP contribution in [0.15, 0.2) is 0 Å². The van der Waals surface area contributed by atoms with Crippen LogP contribution in [-0.4, -0.2) is 66.2 Å². The van der Waals surface area contributed by atoms with Crippen molar-refractivity contribution in [2.75, 3.05) is 19.6 Å². The van der Waals surface area contributed by atoms with E-state index in [0.717, 1.165) is 0 Å². The molecule has 0 aromatic rings. The Balaban J connectivity index is 3.91. The summed E-state index contributed by atoms with van der Waals surface area (Å²) < 4.78 is 0. The molecule has 0 unspecified atom stereocenters. The number of carbonyl (C=O) groups is 3. The Bertz CT molecular complexity index is 389. The second-order valence-corrected chi connectivity index (χ2v) is 3.91. The van der Waals surface area contributed by atoms with Crippen molar-refractivity contribution in [3.8, 4) is 0 Å². The monoisotopic (exact) mass is 287 g/mol. The molecule has 112 valence electrons. The number of rotatable bonds is 8. The summed E-state index contributed by atoms with van der Waals surface area (Å²) in [7, 11) is -1.70. The standard InChI is InChI=1S/C9H18BN5O5/c1-5(10(19)20)15-8(17)4-13-7(16)3-14-9(18)6(12)2-11/h5,12,19-20H,2-4,11H2,1H3,(H,13,16)(H,14,18)(H,15,17)/t5-/m0/s1. The highest BCUT2D eigenvalue weighted by Crippen LogP contribution is 1.82. The Morgan fingerprint density at radius 1 is 1.20 bits per heavy atom. The van der Waals surface area contributed by atoms with Crippen LogP contribution in [0.3, 0.4) is 0 Å². The van der Waals surface area contributed by atoms with Crippen LogP contribution in [0.4, 0.5) is 0 Å². The molecular weight excluding hydrogens is 269 g/mol. The molecule has 0 saturated heterocycles. The Kier molecular flexibility index (Phi) is 8.12. The van der Waals surface area contributed by atoms with Gasteiger partial charge in [0, 0.05) is 6.54 Å². The second kappa shape index (κ2) is 9.01. The Morgan fingerprint density at radius 2 is 1.75 bits per heavy atom. The summed E-state index contributed by atoms with van der Waals surface area (Å²) in [5, 5.41) is 31.2. The second-order valence-electron chi connectivity index (χ2n) is 3.91. The van der Waals surface area contributed by atoms with Crippen LogP contribution in [-0.2, 0) is 14.4 Å². The van der Waals surface area contributed by atoms with Crippen molar-refractivity contribution in [2.45, 2.75) is 12.9 Å². The van der Waals surface area contributed by atoms with Crippen molar-refractivity contribution in [3.63, 3.8) is 0 Å². The molecule has 11 heteroatoms. The Hall–Kier alpha value is -1.98. The van der Waals surface area contributed by atoms with Crippen LogP contribution < -0.4 is 21.7 Å². The molecule has 0 spiro atoms. The topological polar surface area (TPSA) is 178 Å². The summed E-state index contributed by atoms with van der Waals surface area (Å²) in [5.41, 5.74) is 4.71. The summed E-state index contributed by atoms with van der Waals surface area (Å²) in [5.74, 6) is -2.87. The number of carbonyl (C=O) groups excluding carboxylic acids is 3. The van der Waals surface area contributed by atoms with E-state index in [0.29, 0.717) is 0 Å². The molecule has 10 nitrogen and oxygen atoms in total. The lowest BCUT2D eigenvalue weighted by atomic mass is 9.81. The van der Waals surface area contributed by atoms with Gasteiger partial charge in [0.1, 0.15) is 5.71 Å². The fraction of sp³-hybridized carbons (Fsp3) is 0.556. The van der Waals surface area contributed by atoms with Gasteiger partial charge in [0.05, 0.1) is 19.0 Å². The van der Waals surface area contributed by atoms with Gasteiger partial charge < -0.3 is 31.7 Å². The Labute approximate surface area is 115 Å². The highest BCUT2D eigenvalue weighted by Gasteiger charge is 2.20. The number of amides is 3. The quantitative estimate of drug-likeness (QED) is 0.175. The summed E-state index contributed by atoms with van der Waals surface area (Å²) in [4.78, 5) is 33.7. The van der Waals surface area contributed by atoms with Crippen LogP contribution in [0, 0.1) is 5.41 Å². The third-order valence-electron chi connectivity index (χ3n) is 2.17. The van der Waals surface area contributed by atoms with Gasteiger partial charge in [0.25, 0.3) is 5.91 Å². The first-order valence-electron chi connectivity index (χ1n) is 5.75. The average Bonchev–Trinajstić information content (AvgIpc) is 2.41. The molecule has 0 aromatic heterocycles. The van der Waals surface area contributed by atoms with E-state index in [9.17, 15) is 14.4 Å². The fourth-order valence-electron chi connectivity index (χ4n) is 0.981. The largest absolute Gasteiger partial charge is 0.475 e. The summed E-state index contributed by atoms with van der Waals surface area (Å²) >= 11 is 0. The van der Waals surface area contributed by atoms with Crippen LogP contribution in [0.1, 0.15) is 6.92 Å². The first-order valence-corrected chi connectivity index (χ1v) is 5.75. The third-order valence-corrected chi connectivity index (χ3v) is 2.17. The van der Waals surface area contributed by atoms with Crippen LogP contribution >= 0.6 is 0 Å². The predicted molar refractivity (Wildman–Crippen MR) is 70.6 cm³/mol. The third kappa shape index (κ3) is 7.46. The van der Waals surface area contributed by atoms with Gasteiger partial charge in [-0.05, 0) is 6.92 Å². The van der Waals surface area contributed by atoms with Crippen molar-refractivity contribution in [3.05, 3.63) is 0 Å². The Morgan fingerprint density at radius 3 is 2.25 bits per heavy atom. The van der Waals surface area contributed by atoms with E-state index in [-0.39, 0.29) is 18.8 Å². The van der Waals surface area contributed by atoms with E-state index in [2.05, 4.69) is 16.0 Å². The summed E-state index contributed by atoms with van der Waals surface area (Å²) in [6, 6.07) is 0. The lowest BCUT2D eigenvalue weighted by Crippen LogP contribution is -2.49. The van der Waals surface area contributed by atoms with Gasteiger partial charge in [-0.25, -0.2) is 0 Å². The van der Waals surface area contributed by atoms with Gasteiger partial charge >= 0.3 is 7.12 Å². The van der Waals surface area contributed by atoms with E-state index >= 15 is 0 Å². The SMILES string of the molecule is C[C@H](NC(=O)CNC(=O)CNC(=O)C(=N)CN)B(O)O. The maximum absolute atomic E-state index is 11.3. The van der Waals surface area contributed by atoms with Crippen LogP contribution in [0.5, 0.6) is 0 Å². The molecule has 0 aliphatic rings. The number of nitrogens with two attached hydrogens (primary N) is 1. The van der Waals surface area contributed by atoms with Crippen molar-refractivity contribution < 1.29 is 24.4 Å². The summed E-state index contributed by atoms with van der Waals surface area (Å²) in [6.07, 6.45) is 0. The molecule has 0 fully saturated rings. The molecule has 0 saturated carbocycles. The van der Waals surface area contributed by atoms with E-state index in [4.69, 9.17) is 21.2 Å². The predicted octanol–water partition coefficient (Wildman–Crippen LogP) is -4.29. The maximum Gasteiger partial charge on any atom is 0.475 e. The minimum atomic E-state index is -1.70. The van der Waals surface area contributed by atoms with E-state index in [1.165, 1.54) is 6.92 Å². The lowest BCUT2D eigenvalue weighted by molar-refractivity contribution is -0.126. The molecule has 0 aromatic carbocycles. The zero-order valence-corrected chi connectivity index (χ0v) is 11.0. The van der Waals surface area contributed by atoms with Crippen molar-refractivity contribution in [1.82, 2.24) is 16.0 Å². The molecule has 0 rings (SSSR count). The highest BCUT2D eigenvalue weighted by atomic mass is 16.4. The van der Waals surface area contributed by atoms with Crippen molar-refractivity contribution in [1.29, 1.82) is 5.41 Å². The van der Waals surface area contributed by atoms with Gasteiger partial charge in [0.15, 0.2) is 0 Å². The van der Waals surface area contributed by atoms with E-state index < -0.39 is 37.3 Å². The van der Waals surface area contributed by atoms with E-state index in [1.54, 1.807) is 0 Å². The minimum absolute atomic E-state index is 0.239. The van der Waals surface area contributed by atoms with Gasteiger partial charge in [-0.2, -0.15) is 0 Å². The van der Waals surface area contributed by atoms with E-state index in [1.807, 2.05) is 0 Å². The number of hydrogen-bond acceptors (Lipinski definition) is 7. The normalized spacial score (nSPS) is 11.2. The molecule has 8 N–H and O–H groups in total. The fourth-order valence-corrected chi connectivity index (χ4v) is 0.981. The smallest absolute Gasteiger partial charge is 0.426 e. The lowest BCUT2D eigenvalue weighted by Gasteiger charge is -2.12. The average molecular weight is 287 g/mol. The van der Waals surface area contributed by atoms with Gasteiger partial charge in [-0.15, -0.1) is 0 Å². The molecule has 0 aliphatic carbocycles.